The highest BCUT2D eigenvalue weighted by atomic mass is 31.1. The minimum Gasteiger partial charge on any atom is -0.328 e. The molecule has 1 unspecified atom stereocenters. The number of rotatable bonds is 4. The average Bonchev–Trinajstić information content (AvgIpc) is 1.66. The monoisotopic (exact) mass is 140 g/mol. The number of hydrogen-bond acceptors (Lipinski definition) is 4. The SMILES string of the molecule is NCCOO[P+](=O)O. The van der Waals surface area contributed by atoms with Gasteiger partial charge in [0.25, 0.3) is 0 Å². The lowest BCUT2D eigenvalue weighted by molar-refractivity contribution is -0.204. The van der Waals surface area contributed by atoms with Crippen LogP contribution < -0.4 is 5.73 Å². The van der Waals surface area contributed by atoms with Crippen LogP contribution in [0.4, 0.5) is 0 Å². The van der Waals surface area contributed by atoms with Crippen molar-refractivity contribution in [1.82, 2.24) is 0 Å². The molecule has 0 heterocycles. The van der Waals surface area contributed by atoms with Crippen LogP contribution in [0.25, 0.3) is 0 Å². The van der Waals surface area contributed by atoms with Gasteiger partial charge in [-0.05, 0) is 0 Å². The first-order valence-corrected chi connectivity index (χ1v) is 3.06. The maximum atomic E-state index is 9.63. The largest absolute Gasteiger partial charge is 0.725 e. The Hall–Kier alpha value is -0.0600. The Morgan fingerprint density at radius 2 is 2.38 bits per heavy atom. The summed E-state index contributed by atoms with van der Waals surface area (Å²) >= 11 is 0. The van der Waals surface area contributed by atoms with Crippen LogP contribution in [0.5, 0.6) is 0 Å². The Balaban J connectivity index is 2.82. The molecule has 0 aliphatic carbocycles. The van der Waals surface area contributed by atoms with Crippen molar-refractivity contribution in [3.05, 3.63) is 0 Å². The first-order valence-electron chi connectivity index (χ1n) is 1.93. The molecule has 0 aliphatic rings. The van der Waals surface area contributed by atoms with Crippen molar-refractivity contribution in [3.8, 4) is 0 Å². The van der Waals surface area contributed by atoms with Crippen molar-refractivity contribution >= 4 is 8.25 Å². The van der Waals surface area contributed by atoms with Gasteiger partial charge >= 0.3 is 8.25 Å². The predicted octanol–water partition coefficient (Wildman–Crippen LogP) is -0.457. The molecular weight excluding hydrogens is 133 g/mol. The fourth-order valence-electron chi connectivity index (χ4n) is 0.130. The quantitative estimate of drug-likeness (QED) is 0.239. The van der Waals surface area contributed by atoms with Crippen LogP contribution in [-0.2, 0) is 14.1 Å². The molecule has 6 heteroatoms. The van der Waals surface area contributed by atoms with Crippen molar-refractivity contribution in [2.75, 3.05) is 13.2 Å². The molecule has 0 bridgehead atoms. The van der Waals surface area contributed by atoms with Crippen LogP contribution in [0.15, 0.2) is 0 Å². The summed E-state index contributed by atoms with van der Waals surface area (Å²) in [6.07, 6.45) is 0. The fraction of sp³-hybridized carbons (Fsp3) is 1.00. The van der Waals surface area contributed by atoms with Gasteiger partial charge in [-0.2, -0.15) is 4.89 Å². The molecule has 5 nitrogen and oxygen atoms in total. The van der Waals surface area contributed by atoms with Crippen LogP contribution in [0.2, 0.25) is 0 Å². The van der Waals surface area contributed by atoms with E-state index in [1.165, 1.54) is 0 Å². The average molecular weight is 140 g/mol. The number of hydrogen-bond donors (Lipinski definition) is 2. The molecule has 0 aromatic rings. The summed E-state index contributed by atoms with van der Waals surface area (Å²) in [5.74, 6) is 0. The molecule has 0 fully saturated rings. The van der Waals surface area contributed by atoms with Crippen LogP contribution in [0, 0.1) is 0 Å². The zero-order valence-electron chi connectivity index (χ0n) is 4.11. The third-order valence-electron chi connectivity index (χ3n) is 0.318. The van der Waals surface area contributed by atoms with Gasteiger partial charge in [0, 0.05) is 11.1 Å². The fourth-order valence-corrected chi connectivity index (χ4v) is 0.295. The molecule has 0 rings (SSSR count). The molecule has 0 aromatic heterocycles. The third-order valence-corrected chi connectivity index (χ3v) is 0.551. The highest BCUT2D eigenvalue weighted by Crippen LogP contribution is 2.13. The van der Waals surface area contributed by atoms with Crippen molar-refractivity contribution in [3.63, 3.8) is 0 Å². The van der Waals surface area contributed by atoms with E-state index in [1.54, 1.807) is 0 Å². The second-order valence-electron chi connectivity index (χ2n) is 0.923. The molecule has 0 aliphatic heterocycles. The third kappa shape index (κ3) is 5.94. The summed E-state index contributed by atoms with van der Waals surface area (Å²) < 4.78 is 13.4. The van der Waals surface area contributed by atoms with Crippen molar-refractivity contribution in [1.29, 1.82) is 0 Å². The van der Waals surface area contributed by atoms with E-state index < -0.39 is 8.25 Å². The molecule has 8 heavy (non-hydrogen) atoms. The molecule has 0 spiro atoms. The van der Waals surface area contributed by atoms with Crippen molar-refractivity contribution in [2.24, 2.45) is 5.73 Å². The predicted molar refractivity (Wildman–Crippen MR) is 25.9 cm³/mol. The zero-order chi connectivity index (χ0) is 6.41. The van der Waals surface area contributed by atoms with Gasteiger partial charge in [-0.3, -0.25) is 0 Å². The van der Waals surface area contributed by atoms with Crippen LogP contribution in [-0.4, -0.2) is 18.0 Å². The standard InChI is InChI=1S/C2H6NO4P/c3-1-2-6-7-8(4)5/h1-3H2/p+1. The van der Waals surface area contributed by atoms with Gasteiger partial charge in [0.1, 0.15) is 0 Å². The second kappa shape index (κ2) is 5.08. The molecule has 3 N–H and O–H groups in total. The van der Waals surface area contributed by atoms with Crippen molar-refractivity contribution < 1.29 is 19.0 Å². The lowest BCUT2D eigenvalue weighted by atomic mass is 10.8. The summed E-state index contributed by atoms with van der Waals surface area (Å²) in [7, 11) is -2.64. The summed E-state index contributed by atoms with van der Waals surface area (Å²) in [5, 5.41) is 0. The Morgan fingerprint density at radius 3 is 2.75 bits per heavy atom. The van der Waals surface area contributed by atoms with E-state index in [1.807, 2.05) is 0 Å². The maximum absolute atomic E-state index is 9.63. The molecule has 0 radical (unpaired) electrons. The van der Waals surface area contributed by atoms with E-state index in [-0.39, 0.29) is 13.2 Å². The normalized spacial score (nSPS) is 11.5. The molecule has 0 saturated heterocycles. The Labute approximate surface area is 47.3 Å². The van der Waals surface area contributed by atoms with Crippen LogP contribution in [0.1, 0.15) is 0 Å². The van der Waals surface area contributed by atoms with Gasteiger partial charge in [-0.1, -0.05) is 0 Å². The van der Waals surface area contributed by atoms with Gasteiger partial charge in [0.2, 0.25) is 0 Å². The molecule has 0 amide bonds. The summed E-state index contributed by atoms with van der Waals surface area (Å²) in [5.41, 5.74) is 4.93. The Morgan fingerprint density at radius 1 is 1.75 bits per heavy atom. The molecule has 0 saturated carbocycles. The van der Waals surface area contributed by atoms with E-state index in [9.17, 15) is 4.57 Å². The van der Waals surface area contributed by atoms with E-state index in [0.29, 0.717) is 0 Å². The van der Waals surface area contributed by atoms with Gasteiger partial charge < -0.3 is 5.73 Å². The Bertz CT molecular complexity index is 76.4. The first-order chi connectivity index (χ1) is 3.77. The first kappa shape index (κ1) is 7.94. The lowest BCUT2D eigenvalue weighted by Crippen LogP contribution is -2.06. The minimum absolute atomic E-state index is 0.127. The van der Waals surface area contributed by atoms with E-state index in [4.69, 9.17) is 10.6 Å². The van der Waals surface area contributed by atoms with Crippen LogP contribution >= 0.6 is 8.25 Å². The number of nitrogens with two attached hydrogens (primary N) is 1. The van der Waals surface area contributed by atoms with Crippen molar-refractivity contribution in [2.45, 2.75) is 0 Å². The highest BCUT2D eigenvalue weighted by molar-refractivity contribution is 7.31. The van der Waals surface area contributed by atoms with E-state index in [0.717, 1.165) is 0 Å². The molecular formula is C2H7NO4P+. The van der Waals surface area contributed by atoms with E-state index >= 15 is 0 Å². The lowest BCUT2D eigenvalue weighted by Gasteiger charge is -1.84. The van der Waals surface area contributed by atoms with Gasteiger partial charge in [0.05, 0.1) is 11.3 Å². The topological polar surface area (TPSA) is 81.8 Å². The van der Waals surface area contributed by atoms with Gasteiger partial charge in [-0.25, -0.2) is 0 Å². The smallest absolute Gasteiger partial charge is 0.328 e. The summed E-state index contributed by atoms with van der Waals surface area (Å²) in [4.78, 5) is 12.0. The maximum Gasteiger partial charge on any atom is 0.725 e. The second-order valence-corrected chi connectivity index (χ2v) is 1.55. The summed E-state index contributed by atoms with van der Waals surface area (Å²) in [6.45, 7) is 0.394. The summed E-state index contributed by atoms with van der Waals surface area (Å²) in [6, 6.07) is 0. The van der Waals surface area contributed by atoms with Gasteiger partial charge in [-0.15, -0.1) is 4.89 Å². The highest BCUT2D eigenvalue weighted by Gasteiger charge is 2.11. The van der Waals surface area contributed by atoms with Crippen LogP contribution in [0.3, 0.4) is 0 Å². The zero-order valence-corrected chi connectivity index (χ0v) is 5.01. The Kier molecular flexibility index (Phi) is 5.05. The van der Waals surface area contributed by atoms with E-state index in [2.05, 4.69) is 9.56 Å². The molecule has 48 valence electrons. The molecule has 0 aromatic carbocycles. The van der Waals surface area contributed by atoms with Gasteiger partial charge in [0.15, 0.2) is 0 Å². The minimum atomic E-state index is -2.64. The molecule has 1 atom stereocenters.